The fraction of sp³-hybridized carbons (Fsp3) is 0.0833. The van der Waals surface area contributed by atoms with Crippen molar-refractivity contribution < 1.29 is 14.6 Å². The maximum Gasteiger partial charge on any atom is 0.290 e. The Labute approximate surface area is 112 Å². The molecule has 0 unspecified atom stereocenters. The first kappa shape index (κ1) is 13.0. The van der Waals surface area contributed by atoms with Crippen LogP contribution in [0.2, 0.25) is 5.02 Å². The van der Waals surface area contributed by atoms with Crippen LogP contribution < -0.4 is 16.1 Å². The smallest absolute Gasteiger partial charge is 0.290 e. The van der Waals surface area contributed by atoms with E-state index in [9.17, 15) is 9.90 Å². The SMILES string of the molecule is COC(O)=c1c(=C=O)[nH]n(-c2cccc(Cl)c2)c1=N. The molecular weight excluding hydrogens is 270 g/mol. The molecule has 0 amide bonds. The topological polar surface area (TPSA) is 91.1 Å². The first-order valence-electron chi connectivity index (χ1n) is 5.22. The maximum absolute atomic E-state index is 10.9. The van der Waals surface area contributed by atoms with Crippen molar-refractivity contribution in [2.75, 3.05) is 7.11 Å². The van der Waals surface area contributed by atoms with E-state index in [2.05, 4.69) is 9.84 Å². The number of aromatic amines is 1. The predicted octanol–water partition coefficient (Wildman–Crippen LogP) is -0.288. The number of nitrogens with zero attached hydrogens (tertiary/aromatic N) is 1. The quantitative estimate of drug-likeness (QED) is 0.706. The summed E-state index contributed by atoms with van der Waals surface area (Å²) in [6, 6.07) is 6.69. The molecule has 1 aromatic carbocycles. The third-order valence-electron chi connectivity index (χ3n) is 2.51. The summed E-state index contributed by atoms with van der Waals surface area (Å²) in [5.41, 5.74) is 0.407. The number of methoxy groups -OCH3 is 1. The minimum atomic E-state index is -0.527. The van der Waals surface area contributed by atoms with Gasteiger partial charge in [0.1, 0.15) is 5.22 Å². The predicted molar refractivity (Wildman–Crippen MR) is 68.1 cm³/mol. The Hall–Kier alpha value is -2.43. The van der Waals surface area contributed by atoms with Gasteiger partial charge >= 0.3 is 0 Å². The molecule has 0 aliphatic rings. The summed E-state index contributed by atoms with van der Waals surface area (Å²) in [5, 5.41) is 20.5. The molecule has 1 heterocycles. The van der Waals surface area contributed by atoms with Crippen LogP contribution in [0.4, 0.5) is 0 Å². The molecular formula is C12H10ClN3O3. The van der Waals surface area contributed by atoms with Crippen molar-refractivity contribution >= 4 is 23.5 Å². The van der Waals surface area contributed by atoms with Crippen LogP contribution in [0.25, 0.3) is 11.6 Å². The lowest BCUT2D eigenvalue weighted by molar-refractivity contribution is 0.231. The van der Waals surface area contributed by atoms with Gasteiger partial charge in [0.2, 0.25) is 0 Å². The van der Waals surface area contributed by atoms with Crippen molar-refractivity contribution in [2.45, 2.75) is 0 Å². The Morgan fingerprint density at radius 2 is 2.32 bits per heavy atom. The molecule has 7 heteroatoms. The number of nitrogens with one attached hydrogen (secondary N) is 2. The van der Waals surface area contributed by atoms with Gasteiger partial charge in [-0.15, -0.1) is 0 Å². The van der Waals surface area contributed by atoms with E-state index in [0.29, 0.717) is 10.7 Å². The average molecular weight is 280 g/mol. The Morgan fingerprint density at radius 3 is 2.89 bits per heavy atom. The van der Waals surface area contributed by atoms with Gasteiger partial charge in [0.25, 0.3) is 5.95 Å². The molecule has 19 heavy (non-hydrogen) atoms. The molecule has 2 rings (SSSR count). The summed E-state index contributed by atoms with van der Waals surface area (Å²) in [6.45, 7) is 0. The lowest BCUT2D eigenvalue weighted by Crippen LogP contribution is -2.38. The zero-order valence-electron chi connectivity index (χ0n) is 9.90. The van der Waals surface area contributed by atoms with Crippen LogP contribution in [-0.2, 0) is 9.53 Å². The van der Waals surface area contributed by atoms with E-state index >= 15 is 0 Å². The highest BCUT2D eigenvalue weighted by molar-refractivity contribution is 6.30. The molecule has 0 aliphatic carbocycles. The first-order chi connectivity index (χ1) is 9.08. The van der Waals surface area contributed by atoms with E-state index in [1.54, 1.807) is 30.2 Å². The largest absolute Gasteiger partial charge is 0.480 e. The molecule has 1 aromatic heterocycles. The molecule has 0 radical (unpaired) electrons. The molecule has 3 N–H and O–H groups in total. The highest BCUT2D eigenvalue weighted by Gasteiger charge is 2.08. The van der Waals surface area contributed by atoms with Gasteiger partial charge in [-0.05, 0) is 18.2 Å². The Bertz CT molecular complexity index is 815. The Kier molecular flexibility index (Phi) is 3.46. The standard InChI is InChI=1S/C12H10ClN3O3/c1-19-12(18)10-9(6-17)15-16(11(10)14)8-4-2-3-7(13)5-8/h2-5,14-15,18H,1H3. The minimum absolute atomic E-state index is 0.0579. The number of aliphatic hydroxyl groups excluding tert-OH is 1. The van der Waals surface area contributed by atoms with E-state index in [4.69, 9.17) is 17.0 Å². The summed E-state index contributed by atoms with van der Waals surface area (Å²) in [4.78, 5) is 10.9. The zero-order chi connectivity index (χ0) is 14.0. The van der Waals surface area contributed by atoms with Gasteiger partial charge in [0, 0.05) is 5.02 Å². The summed E-state index contributed by atoms with van der Waals surface area (Å²) >= 11 is 5.87. The molecule has 0 spiro atoms. The molecule has 6 nitrogen and oxygen atoms in total. The zero-order valence-corrected chi connectivity index (χ0v) is 10.7. The number of hydrogen-bond acceptors (Lipinski definition) is 4. The van der Waals surface area contributed by atoms with Crippen LogP contribution >= 0.6 is 11.6 Å². The summed E-state index contributed by atoms with van der Waals surface area (Å²) < 4.78 is 5.93. The molecule has 0 bridgehead atoms. The molecule has 0 saturated carbocycles. The first-order valence-corrected chi connectivity index (χ1v) is 5.60. The second kappa shape index (κ2) is 5.06. The van der Waals surface area contributed by atoms with Crippen LogP contribution in [0.5, 0.6) is 0 Å². The lowest BCUT2D eigenvalue weighted by atomic mass is 10.3. The van der Waals surface area contributed by atoms with E-state index in [-0.39, 0.29) is 16.1 Å². The maximum atomic E-state index is 10.9. The van der Waals surface area contributed by atoms with Crippen LogP contribution in [0.1, 0.15) is 0 Å². The minimum Gasteiger partial charge on any atom is -0.480 e. The van der Waals surface area contributed by atoms with Crippen LogP contribution in [0, 0.1) is 5.41 Å². The number of benzene rings is 1. The highest BCUT2D eigenvalue weighted by atomic mass is 35.5. The normalized spacial score (nSPS) is 11.9. The van der Waals surface area contributed by atoms with E-state index < -0.39 is 5.95 Å². The number of hydrogen-bond donors (Lipinski definition) is 3. The Balaban J connectivity index is 2.88. The summed E-state index contributed by atoms with van der Waals surface area (Å²) in [5.74, 6) is 1.09. The average Bonchev–Trinajstić information content (AvgIpc) is 2.75. The number of rotatable bonds is 2. The second-order valence-corrected chi connectivity index (χ2v) is 4.07. The van der Waals surface area contributed by atoms with Crippen molar-refractivity contribution in [3.63, 3.8) is 0 Å². The van der Waals surface area contributed by atoms with Gasteiger partial charge in [-0.1, -0.05) is 17.7 Å². The monoisotopic (exact) mass is 279 g/mol. The molecule has 0 fully saturated rings. The van der Waals surface area contributed by atoms with E-state index in [1.807, 2.05) is 0 Å². The van der Waals surface area contributed by atoms with Gasteiger partial charge in [-0.3, -0.25) is 10.5 Å². The van der Waals surface area contributed by atoms with Crippen LogP contribution in [-0.4, -0.2) is 27.9 Å². The second-order valence-electron chi connectivity index (χ2n) is 3.64. The summed E-state index contributed by atoms with van der Waals surface area (Å²) in [7, 11) is 1.24. The number of halogens is 1. The van der Waals surface area contributed by atoms with Gasteiger partial charge < -0.3 is 9.84 Å². The number of carbonyl (C=O) groups excluding carboxylic acids is 1. The number of ether oxygens (including phenoxy) is 1. The van der Waals surface area contributed by atoms with Crippen molar-refractivity contribution in [3.05, 3.63) is 45.3 Å². The molecule has 98 valence electrons. The molecule has 0 aliphatic heterocycles. The molecule has 0 saturated heterocycles. The third-order valence-corrected chi connectivity index (χ3v) is 2.74. The number of aliphatic hydroxyl groups is 1. The Morgan fingerprint density at radius 1 is 1.58 bits per heavy atom. The lowest BCUT2D eigenvalue weighted by Gasteiger charge is -2.01. The van der Waals surface area contributed by atoms with Crippen molar-refractivity contribution in [1.82, 2.24) is 9.78 Å². The van der Waals surface area contributed by atoms with Gasteiger partial charge in [0.15, 0.2) is 16.8 Å². The van der Waals surface area contributed by atoms with Gasteiger partial charge in [-0.25, -0.2) is 9.48 Å². The molecule has 2 aromatic rings. The third kappa shape index (κ3) is 2.27. The highest BCUT2D eigenvalue weighted by Crippen LogP contribution is 2.11. The fourth-order valence-corrected chi connectivity index (χ4v) is 1.83. The van der Waals surface area contributed by atoms with Crippen LogP contribution in [0.3, 0.4) is 0 Å². The number of H-pyrrole nitrogens is 1. The van der Waals surface area contributed by atoms with Crippen molar-refractivity contribution in [3.8, 4) is 5.69 Å². The van der Waals surface area contributed by atoms with Crippen LogP contribution in [0.15, 0.2) is 24.3 Å². The molecule has 0 atom stereocenters. The number of aromatic nitrogens is 2. The van der Waals surface area contributed by atoms with Gasteiger partial charge in [-0.2, -0.15) is 0 Å². The van der Waals surface area contributed by atoms with Crippen molar-refractivity contribution in [1.29, 1.82) is 5.41 Å². The van der Waals surface area contributed by atoms with Gasteiger partial charge in [0.05, 0.1) is 12.8 Å². The summed E-state index contributed by atoms with van der Waals surface area (Å²) in [6.07, 6.45) is 0. The van der Waals surface area contributed by atoms with E-state index in [0.717, 1.165) is 0 Å². The van der Waals surface area contributed by atoms with Crippen molar-refractivity contribution in [2.24, 2.45) is 0 Å². The van der Waals surface area contributed by atoms with E-state index in [1.165, 1.54) is 11.8 Å². The fourth-order valence-electron chi connectivity index (χ4n) is 1.65.